The SMILES string of the molecule is CCC(Cc1ccc(OC)c(OC)c1)NC=O. The van der Waals surface area contributed by atoms with Gasteiger partial charge in [-0.15, -0.1) is 0 Å². The van der Waals surface area contributed by atoms with Gasteiger partial charge in [0, 0.05) is 6.04 Å². The first-order chi connectivity index (χ1) is 8.24. The molecular formula is C13H19NO3. The van der Waals surface area contributed by atoms with Crippen molar-refractivity contribution in [3.8, 4) is 11.5 Å². The van der Waals surface area contributed by atoms with Gasteiger partial charge in [-0.1, -0.05) is 13.0 Å². The van der Waals surface area contributed by atoms with Gasteiger partial charge in [0.1, 0.15) is 0 Å². The van der Waals surface area contributed by atoms with Gasteiger partial charge in [0.15, 0.2) is 11.5 Å². The first kappa shape index (κ1) is 13.4. The zero-order chi connectivity index (χ0) is 12.7. The van der Waals surface area contributed by atoms with Gasteiger partial charge in [-0.25, -0.2) is 0 Å². The Hall–Kier alpha value is -1.71. The Labute approximate surface area is 102 Å². The average molecular weight is 237 g/mol. The molecule has 1 aromatic rings. The van der Waals surface area contributed by atoms with Gasteiger partial charge < -0.3 is 14.8 Å². The van der Waals surface area contributed by atoms with Crippen molar-refractivity contribution in [2.24, 2.45) is 0 Å². The van der Waals surface area contributed by atoms with Crippen LogP contribution < -0.4 is 14.8 Å². The van der Waals surface area contributed by atoms with Gasteiger partial charge >= 0.3 is 0 Å². The Bertz CT molecular complexity index is 366. The van der Waals surface area contributed by atoms with E-state index < -0.39 is 0 Å². The maximum absolute atomic E-state index is 10.4. The number of hydrogen-bond acceptors (Lipinski definition) is 3. The Morgan fingerprint density at radius 1 is 1.29 bits per heavy atom. The van der Waals surface area contributed by atoms with E-state index in [2.05, 4.69) is 5.32 Å². The molecule has 1 rings (SSSR count). The third-order valence-electron chi connectivity index (χ3n) is 2.73. The normalized spacial score (nSPS) is 11.7. The van der Waals surface area contributed by atoms with E-state index in [0.717, 1.165) is 24.8 Å². The number of amides is 1. The molecule has 4 nitrogen and oxygen atoms in total. The van der Waals surface area contributed by atoms with Crippen LogP contribution in [0.1, 0.15) is 18.9 Å². The lowest BCUT2D eigenvalue weighted by molar-refractivity contribution is -0.110. The van der Waals surface area contributed by atoms with Crippen molar-refractivity contribution in [3.05, 3.63) is 23.8 Å². The number of methoxy groups -OCH3 is 2. The standard InChI is InChI=1S/C13H19NO3/c1-4-11(14-9-15)7-10-5-6-12(16-2)13(8-10)17-3/h5-6,8-9,11H,4,7H2,1-3H3,(H,14,15). The number of benzene rings is 1. The first-order valence-corrected chi connectivity index (χ1v) is 5.65. The molecular weight excluding hydrogens is 218 g/mol. The highest BCUT2D eigenvalue weighted by Crippen LogP contribution is 2.28. The van der Waals surface area contributed by atoms with Crippen LogP contribution in [0.5, 0.6) is 11.5 Å². The highest BCUT2D eigenvalue weighted by atomic mass is 16.5. The van der Waals surface area contributed by atoms with Crippen molar-refractivity contribution in [3.63, 3.8) is 0 Å². The quantitative estimate of drug-likeness (QED) is 0.735. The summed E-state index contributed by atoms with van der Waals surface area (Å²) in [5.41, 5.74) is 1.11. The molecule has 1 aromatic carbocycles. The summed E-state index contributed by atoms with van der Waals surface area (Å²) in [7, 11) is 3.23. The van der Waals surface area contributed by atoms with Gasteiger partial charge in [-0.3, -0.25) is 4.79 Å². The van der Waals surface area contributed by atoms with E-state index in [1.165, 1.54) is 0 Å². The number of hydrogen-bond donors (Lipinski definition) is 1. The Morgan fingerprint density at radius 3 is 2.53 bits per heavy atom. The number of rotatable bonds is 7. The molecule has 0 aromatic heterocycles. The molecule has 0 fully saturated rings. The van der Waals surface area contributed by atoms with E-state index in [1.54, 1.807) is 14.2 Å². The van der Waals surface area contributed by atoms with Crippen LogP contribution in [0.25, 0.3) is 0 Å². The van der Waals surface area contributed by atoms with Crippen molar-refractivity contribution in [1.29, 1.82) is 0 Å². The monoisotopic (exact) mass is 237 g/mol. The third kappa shape index (κ3) is 3.66. The summed E-state index contributed by atoms with van der Waals surface area (Å²) in [6, 6.07) is 5.96. The Balaban J connectivity index is 2.80. The Kier molecular flexibility index (Phi) is 5.33. The van der Waals surface area contributed by atoms with Crippen molar-refractivity contribution in [1.82, 2.24) is 5.32 Å². The van der Waals surface area contributed by atoms with E-state index in [0.29, 0.717) is 11.5 Å². The topological polar surface area (TPSA) is 47.6 Å². The summed E-state index contributed by atoms with van der Waals surface area (Å²) in [6.45, 7) is 2.04. The third-order valence-corrected chi connectivity index (χ3v) is 2.73. The molecule has 94 valence electrons. The van der Waals surface area contributed by atoms with Crippen LogP contribution in [0.2, 0.25) is 0 Å². The lowest BCUT2D eigenvalue weighted by Crippen LogP contribution is -2.29. The van der Waals surface area contributed by atoms with Crippen molar-refractivity contribution in [2.75, 3.05) is 14.2 Å². The largest absolute Gasteiger partial charge is 0.493 e. The second-order valence-electron chi connectivity index (χ2n) is 3.78. The van der Waals surface area contributed by atoms with Gasteiger partial charge in [-0.05, 0) is 30.5 Å². The molecule has 1 amide bonds. The van der Waals surface area contributed by atoms with Crippen molar-refractivity contribution >= 4 is 6.41 Å². The highest BCUT2D eigenvalue weighted by Gasteiger charge is 2.09. The second-order valence-corrected chi connectivity index (χ2v) is 3.78. The molecule has 0 aliphatic rings. The van der Waals surface area contributed by atoms with E-state index >= 15 is 0 Å². The summed E-state index contributed by atoms with van der Waals surface area (Å²) in [5.74, 6) is 1.43. The molecule has 0 heterocycles. The molecule has 0 spiro atoms. The van der Waals surface area contributed by atoms with E-state index in [-0.39, 0.29) is 6.04 Å². The fraction of sp³-hybridized carbons (Fsp3) is 0.462. The average Bonchev–Trinajstić information content (AvgIpc) is 2.38. The highest BCUT2D eigenvalue weighted by molar-refractivity contribution is 5.47. The molecule has 0 aliphatic carbocycles. The summed E-state index contributed by atoms with van der Waals surface area (Å²) >= 11 is 0. The molecule has 1 atom stereocenters. The molecule has 4 heteroatoms. The minimum absolute atomic E-state index is 0.158. The molecule has 0 radical (unpaired) electrons. The van der Waals surface area contributed by atoms with E-state index in [4.69, 9.17) is 9.47 Å². The van der Waals surface area contributed by atoms with Crippen LogP contribution in [-0.2, 0) is 11.2 Å². The van der Waals surface area contributed by atoms with Crippen LogP contribution >= 0.6 is 0 Å². The van der Waals surface area contributed by atoms with Gasteiger partial charge in [0.2, 0.25) is 6.41 Å². The number of nitrogens with one attached hydrogen (secondary N) is 1. The number of carbonyl (C=O) groups excluding carboxylic acids is 1. The fourth-order valence-corrected chi connectivity index (χ4v) is 1.71. The van der Waals surface area contributed by atoms with Gasteiger partial charge in [0.25, 0.3) is 0 Å². The minimum Gasteiger partial charge on any atom is -0.493 e. The zero-order valence-corrected chi connectivity index (χ0v) is 10.5. The predicted octanol–water partition coefficient (Wildman–Crippen LogP) is 1.77. The van der Waals surface area contributed by atoms with Gasteiger partial charge in [-0.2, -0.15) is 0 Å². The molecule has 0 bridgehead atoms. The van der Waals surface area contributed by atoms with Crippen LogP contribution in [-0.4, -0.2) is 26.7 Å². The maximum atomic E-state index is 10.4. The molecule has 17 heavy (non-hydrogen) atoms. The maximum Gasteiger partial charge on any atom is 0.207 e. The van der Waals surface area contributed by atoms with Crippen LogP contribution in [0.4, 0.5) is 0 Å². The van der Waals surface area contributed by atoms with Crippen LogP contribution in [0.3, 0.4) is 0 Å². The molecule has 1 unspecified atom stereocenters. The van der Waals surface area contributed by atoms with Crippen molar-refractivity contribution in [2.45, 2.75) is 25.8 Å². The summed E-state index contributed by atoms with van der Waals surface area (Å²) < 4.78 is 10.4. The molecule has 0 saturated carbocycles. The number of carbonyl (C=O) groups is 1. The van der Waals surface area contributed by atoms with Crippen molar-refractivity contribution < 1.29 is 14.3 Å². The lowest BCUT2D eigenvalue weighted by Gasteiger charge is -2.15. The van der Waals surface area contributed by atoms with Crippen LogP contribution in [0.15, 0.2) is 18.2 Å². The first-order valence-electron chi connectivity index (χ1n) is 5.65. The minimum atomic E-state index is 0.158. The smallest absolute Gasteiger partial charge is 0.207 e. The number of ether oxygens (including phenoxy) is 2. The lowest BCUT2D eigenvalue weighted by atomic mass is 10.0. The van der Waals surface area contributed by atoms with Crippen LogP contribution in [0, 0.1) is 0 Å². The van der Waals surface area contributed by atoms with E-state index in [1.807, 2.05) is 25.1 Å². The molecule has 1 N–H and O–H groups in total. The Morgan fingerprint density at radius 2 is 2.00 bits per heavy atom. The molecule has 0 aliphatic heterocycles. The molecule has 0 saturated heterocycles. The summed E-state index contributed by atoms with van der Waals surface area (Å²) in [5, 5.41) is 2.79. The summed E-state index contributed by atoms with van der Waals surface area (Å²) in [6.07, 6.45) is 2.43. The summed E-state index contributed by atoms with van der Waals surface area (Å²) in [4.78, 5) is 10.4. The second kappa shape index (κ2) is 6.78. The van der Waals surface area contributed by atoms with E-state index in [9.17, 15) is 4.79 Å². The fourth-order valence-electron chi connectivity index (χ4n) is 1.71. The van der Waals surface area contributed by atoms with Gasteiger partial charge in [0.05, 0.1) is 14.2 Å². The predicted molar refractivity (Wildman–Crippen MR) is 66.5 cm³/mol. The zero-order valence-electron chi connectivity index (χ0n) is 10.5.